The Hall–Kier alpha value is -2.19. The summed E-state index contributed by atoms with van der Waals surface area (Å²) in [6.45, 7) is 1.97. The third kappa shape index (κ3) is 1.79. The summed E-state index contributed by atoms with van der Waals surface area (Å²) >= 11 is 4.63. The Morgan fingerprint density at radius 3 is 2.71 bits per heavy atom. The van der Waals surface area contributed by atoms with E-state index in [1.807, 2.05) is 42.2 Å². The number of thiol groups is 1. The molecule has 5 heteroatoms. The van der Waals surface area contributed by atoms with Gasteiger partial charge in [-0.25, -0.2) is 0 Å². The number of hydrogen-bond donors (Lipinski definition) is 3. The van der Waals surface area contributed by atoms with Gasteiger partial charge in [0, 0.05) is 22.9 Å². The van der Waals surface area contributed by atoms with E-state index in [2.05, 4.69) is 18.7 Å². The SMILES string of the molecule is CC12C(=C(C#N)C(=N)N1c1ccccc1)C=C(O)CC2S. The van der Waals surface area contributed by atoms with Crippen LogP contribution in [0.3, 0.4) is 0 Å². The van der Waals surface area contributed by atoms with Gasteiger partial charge in [0.25, 0.3) is 0 Å². The first-order valence-electron chi connectivity index (χ1n) is 6.66. The van der Waals surface area contributed by atoms with Crippen molar-refractivity contribution in [1.82, 2.24) is 0 Å². The molecule has 1 aromatic rings. The highest BCUT2D eigenvalue weighted by atomic mass is 32.1. The molecule has 1 aliphatic carbocycles. The molecule has 3 rings (SSSR count). The summed E-state index contributed by atoms with van der Waals surface area (Å²) in [5.41, 5.74) is 1.20. The molecule has 0 radical (unpaired) electrons. The molecular formula is C16H15N3OS. The maximum atomic E-state index is 9.88. The molecule has 0 fully saturated rings. The largest absolute Gasteiger partial charge is 0.512 e. The minimum Gasteiger partial charge on any atom is -0.512 e. The van der Waals surface area contributed by atoms with E-state index in [0.29, 0.717) is 17.6 Å². The summed E-state index contributed by atoms with van der Waals surface area (Å²) in [7, 11) is 0. The van der Waals surface area contributed by atoms with Gasteiger partial charge in [-0.1, -0.05) is 18.2 Å². The number of hydrogen-bond acceptors (Lipinski definition) is 4. The number of para-hydroxylation sites is 1. The number of anilines is 1. The van der Waals surface area contributed by atoms with Gasteiger partial charge in [0.1, 0.15) is 17.5 Å². The lowest BCUT2D eigenvalue weighted by atomic mass is 9.81. The Morgan fingerprint density at radius 2 is 2.10 bits per heavy atom. The molecule has 2 unspecified atom stereocenters. The molecule has 0 saturated carbocycles. The number of rotatable bonds is 1. The number of nitrogens with zero attached hydrogens (tertiary/aromatic N) is 2. The number of aliphatic hydroxyl groups excluding tert-OH is 1. The standard InChI is InChI=1S/C16H15N3OS/c1-16-13(7-11(20)8-14(16)21)12(9-17)15(18)19(16)10-5-3-2-4-6-10/h2-7,14,18,20-21H,8H2,1H3. The predicted molar refractivity (Wildman–Crippen MR) is 85.8 cm³/mol. The maximum Gasteiger partial charge on any atom is 0.144 e. The zero-order valence-electron chi connectivity index (χ0n) is 11.5. The van der Waals surface area contributed by atoms with Crippen LogP contribution in [0.4, 0.5) is 5.69 Å². The fraction of sp³-hybridized carbons (Fsp3) is 0.250. The predicted octanol–water partition coefficient (Wildman–Crippen LogP) is 3.21. The topological polar surface area (TPSA) is 71.1 Å². The molecular weight excluding hydrogens is 282 g/mol. The van der Waals surface area contributed by atoms with Gasteiger partial charge >= 0.3 is 0 Å². The molecule has 1 aromatic carbocycles. The molecule has 1 aliphatic heterocycles. The molecule has 106 valence electrons. The molecule has 4 nitrogen and oxygen atoms in total. The monoisotopic (exact) mass is 297 g/mol. The second-order valence-corrected chi connectivity index (χ2v) is 6.05. The van der Waals surface area contributed by atoms with Crippen LogP contribution in [0.25, 0.3) is 0 Å². The van der Waals surface area contributed by atoms with Crippen molar-refractivity contribution in [2.75, 3.05) is 4.90 Å². The third-order valence-electron chi connectivity index (χ3n) is 4.23. The van der Waals surface area contributed by atoms with Crippen LogP contribution in [0.5, 0.6) is 0 Å². The van der Waals surface area contributed by atoms with Crippen molar-refractivity contribution >= 4 is 24.2 Å². The van der Waals surface area contributed by atoms with E-state index >= 15 is 0 Å². The van der Waals surface area contributed by atoms with E-state index < -0.39 is 5.54 Å². The Morgan fingerprint density at radius 1 is 1.43 bits per heavy atom. The Kier molecular flexibility index (Phi) is 3.07. The molecule has 0 bridgehead atoms. The molecule has 2 aliphatic rings. The second kappa shape index (κ2) is 4.68. The zero-order valence-corrected chi connectivity index (χ0v) is 12.4. The summed E-state index contributed by atoms with van der Waals surface area (Å²) in [5.74, 6) is 0.365. The van der Waals surface area contributed by atoms with Gasteiger partial charge in [-0.15, -0.1) is 0 Å². The minimum absolute atomic E-state index is 0.159. The smallest absolute Gasteiger partial charge is 0.144 e. The van der Waals surface area contributed by atoms with Gasteiger partial charge in [0.05, 0.1) is 11.3 Å². The Bertz CT molecular complexity index is 717. The van der Waals surface area contributed by atoms with Crippen molar-refractivity contribution in [2.45, 2.75) is 24.1 Å². The first-order chi connectivity index (χ1) is 10.00. The second-order valence-electron chi connectivity index (χ2n) is 5.42. The summed E-state index contributed by atoms with van der Waals surface area (Å²) < 4.78 is 0. The molecule has 1 heterocycles. The van der Waals surface area contributed by atoms with E-state index in [1.165, 1.54) is 0 Å². The number of fused-ring (bicyclic) bond motifs is 1. The molecule has 2 atom stereocenters. The van der Waals surface area contributed by atoms with E-state index in [4.69, 9.17) is 5.41 Å². The zero-order chi connectivity index (χ0) is 15.2. The van der Waals surface area contributed by atoms with Gasteiger partial charge in [-0.05, 0) is 25.1 Å². The number of nitrogens with one attached hydrogen (secondary N) is 1. The third-order valence-corrected chi connectivity index (χ3v) is 4.91. The van der Waals surface area contributed by atoms with E-state index in [1.54, 1.807) is 6.08 Å². The molecule has 21 heavy (non-hydrogen) atoms. The van der Waals surface area contributed by atoms with E-state index in [9.17, 15) is 10.4 Å². The van der Waals surface area contributed by atoms with Gasteiger partial charge in [-0.2, -0.15) is 17.9 Å². The number of amidine groups is 1. The number of nitriles is 1. The van der Waals surface area contributed by atoms with Crippen LogP contribution in [-0.4, -0.2) is 21.7 Å². The molecule has 0 amide bonds. The highest BCUT2D eigenvalue weighted by molar-refractivity contribution is 7.81. The lowest BCUT2D eigenvalue weighted by Crippen LogP contribution is -2.53. The lowest BCUT2D eigenvalue weighted by Gasteiger charge is -2.44. The van der Waals surface area contributed by atoms with Crippen LogP contribution in [0.1, 0.15) is 13.3 Å². The number of allylic oxidation sites excluding steroid dienone is 1. The van der Waals surface area contributed by atoms with Crippen LogP contribution in [0.15, 0.2) is 53.3 Å². The first-order valence-corrected chi connectivity index (χ1v) is 7.18. The highest BCUT2D eigenvalue weighted by Gasteiger charge is 2.52. The van der Waals surface area contributed by atoms with Crippen LogP contribution < -0.4 is 4.90 Å². The highest BCUT2D eigenvalue weighted by Crippen LogP contribution is 2.47. The quantitative estimate of drug-likeness (QED) is 0.697. The van der Waals surface area contributed by atoms with Gasteiger partial charge < -0.3 is 10.0 Å². The summed E-state index contributed by atoms with van der Waals surface area (Å²) in [6, 6.07) is 11.6. The fourth-order valence-corrected chi connectivity index (χ4v) is 3.54. The lowest BCUT2D eigenvalue weighted by molar-refractivity contribution is 0.356. The summed E-state index contributed by atoms with van der Waals surface area (Å²) in [5, 5.41) is 27.5. The summed E-state index contributed by atoms with van der Waals surface area (Å²) in [4.78, 5) is 1.83. The first kappa shape index (κ1) is 13.8. The van der Waals surface area contributed by atoms with Crippen molar-refractivity contribution in [3.8, 4) is 6.07 Å². The molecule has 2 N–H and O–H groups in total. The van der Waals surface area contributed by atoms with Crippen LogP contribution in [0, 0.1) is 16.7 Å². The van der Waals surface area contributed by atoms with Crippen molar-refractivity contribution in [3.63, 3.8) is 0 Å². The minimum atomic E-state index is -0.612. The van der Waals surface area contributed by atoms with Crippen molar-refractivity contribution < 1.29 is 5.11 Å². The number of benzene rings is 1. The van der Waals surface area contributed by atoms with Crippen molar-refractivity contribution in [3.05, 3.63) is 53.3 Å². The van der Waals surface area contributed by atoms with Crippen LogP contribution in [-0.2, 0) is 0 Å². The van der Waals surface area contributed by atoms with Gasteiger partial charge in [-0.3, -0.25) is 5.41 Å². The molecule has 0 saturated heterocycles. The Balaban J connectivity index is 2.24. The van der Waals surface area contributed by atoms with Crippen LogP contribution in [0.2, 0.25) is 0 Å². The van der Waals surface area contributed by atoms with Crippen molar-refractivity contribution in [2.24, 2.45) is 0 Å². The molecule has 0 spiro atoms. The van der Waals surface area contributed by atoms with E-state index in [-0.39, 0.29) is 16.8 Å². The van der Waals surface area contributed by atoms with E-state index in [0.717, 1.165) is 5.69 Å². The summed E-state index contributed by atoms with van der Waals surface area (Å²) in [6.07, 6.45) is 2.03. The average Bonchev–Trinajstić information content (AvgIpc) is 2.68. The van der Waals surface area contributed by atoms with Gasteiger partial charge in [0.15, 0.2) is 0 Å². The number of aliphatic hydroxyl groups is 1. The normalized spacial score (nSPS) is 28.2. The fourth-order valence-electron chi connectivity index (χ4n) is 3.10. The van der Waals surface area contributed by atoms with Crippen molar-refractivity contribution in [1.29, 1.82) is 10.7 Å². The molecule has 0 aromatic heterocycles. The Labute approximate surface area is 128 Å². The maximum absolute atomic E-state index is 9.88. The van der Waals surface area contributed by atoms with Crippen LogP contribution >= 0.6 is 12.6 Å². The average molecular weight is 297 g/mol. The van der Waals surface area contributed by atoms with Gasteiger partial charge in [0.2, 0.25) is 0 Å².